The van der Waals surface area contributed by atoms with Gasteiger partial charge in [-0.3, -0.25) is 14.4 Å². The minimum atomic E-state index is -0.217. The van der Waals surface area contributed by atoms with E-state index in [9.17, 15) is 4.79 Å². The first-order chi connectivity index (χ1) is 14.2. The molecular weight excluding hydrogens is 362 g/mol. The van der Waals surface area contributed by atoms with Gasteiger partial charge in [-0.15, -0.1) is 0 Å². The van der Waals surface area contributed by atoms with Crippen LogP contribution in [-0.2, 0) is 11.3 Å². The van der Waals surface area contributed by atoms with Gasteiger partial charge in [-0.25, -0.2) is 0 Å². The van der Waals surface area contributed by atoms with Crippen LogP contribution in [0.1, 0.15) is 51.4 Å². The normalized spacial score (nSPS) is 28.6. The van der Waals surface area contributed by atoms with Crippen LogP contribution < -0.4 is 5.32 Å². The molecule has 0 radical (unpaired) electrons. The summed E-state index contributed by atoms with van der Waals surface area (Å²) >= 11 is 0. The SMILES string of the molecule is CN1CC[C@]2(C(=O)NCC3=CCCCC3)CCCN(CCCn3cccn3)[C@H]2C1. The number of carbonyl (C=O) groups is 1. The fourth-order valence-corrected chi connectivity index (χ4v) is 5.58. The van der Waals surface area contributed by atoms with Crippen LogP contribution in [0.2, 0.25) is 0 Å². The molecule has 3 aliphatic rings. The van der Waals surface area contributed by atoms with Gasteiger partial charge >= 0.3 is 0 Å². The largest absolute Gasteiger partial charge is 0.352 e. The summed E-state index contributed by atoms with van der Waals surface area (Å²) in [7, 11) is 2.20. The fraction of sp³-hybridized carbons (Fsp3) is 0.739. The Morgan fingerprint density at radius 2 is 2.17 bits per heavy atom. The number of aromatic nitrogens is 2. The first-order valence-electron chi connectivity index (χ1n) is 11.5. The number of fused-ring (bicyclic) bond motifs is 1. The van der Waals surface area contributed by atoms with E-state index in [1.54, 1.807) is 0 Å². The van der Waals surface area contributed by atoms with Crippen molar-refractivity contribution in [2.24, 2.45) is 5.41 Å². The van der Waals surface area contributed by atoms with E-state index in [4.69, 9.17) is 0 Å². The molecule has 2 fully saturated rings. The third-order valence-corrected chi connectivity index (χ3v) is 7.28. The quantitative estimate of drug-likeness (QED) is 0.717. The minimum absolute atomic E-state index is 0.217. The Bertz CT molecular complexity index is 700. The van der Waals surface area contributed by atoms with Crippen molar-refractivity contribution in [3.63, 3.8) is 0 Å². The number of carbonyl (C=O) groups excluding carboxylic acids is 1. The van der Waals surface area contributed by atoms with E-state index in [0.29, 0.717) is 11.9 Å². The highest BCUT2D eigenvalue weighted by atomic mass is 16.2. The summed E-state index contributed by atoms with van der Waals surface area (Å²) in [5, 5.41) is 7.68. The molecule has 0 unspecified atom stereocenters. The molecule has 1 N–H and O–H groups in total. The zero-order valence-corrected chi connectivity index (χ0v) is 18.0. The van der Waals surface area contributed by atoms with E-state index < -0.39 is 0 Å². The molecule has 1 aliphatic carbocycles. The van der Waals surface area contributed by atoms with Gasteiger partial charge in [0.15, 0.2) is 0 Å². The Morgan fingerprint density at radius 1 is 1.24 bits per heavy atom. The molecule has 1 aromatic rings. The van der Waals surface area contributed by atoms with Crippen molar-refractivity contribution >= 4 is 5.91 Å². The molecule has 2 aliphatic heterocycles. The Morgan fingerprint density at radius 3 is 2.97 bits per heavy atom. The van der Waals surface area contributed by atoms with Gasteiger partial charge in [0.1, 0.15) is 0 Å². The molecule has 0 spiro atoms. The summed E-state index contributed by atoms with van der Waals surface area (Å²) in [4.78, 5) is 18.5. The first kappa shape index (κ1) is 20.6. The highest BCUT2D eigenvalue weighted by Gasteiger charge is 2.51. The van der Waals surface area contributed by atoms with Crippen molar-refractivity contribution in [2.75, 3.05) is 39.8 Å². The maximum atomic E-state index is 13.5. The maximum Gasteiger partial charge on any atom is 0.228 e. The van der Waals surface area contributed by atoms with Crippen LogP contribution in [-0.4, -0.2) is 71.3 Å². The van der Waals surface area contributed by atoms with Crippen molar-refractivity contribution in [3.05, 3.63) is 30.1 Å². The van der Waals surface area contributed by atoms with Gasteiger partial charge in [0.05, 0.1) is 5.41 Å². The number of hydrogen-bond acceptors (Lipinski definition) is 4. The Hall–Kier alpha value is -1.66. The van der Waals surface area contributed by atoms with E-state index in [2.05, 4.69) is 33.3 Å². The Labute approximate surface area is 175 Å². The number of amides is 1. The van der Waals surface area contributed by atoms with E-state index in [1.807, 2.05) is 23.1 Å². The van der Waals surface area contributed by atoms with Crippen molar-refractivity contribution in [1.29, 1.82) is 0 Å². The van der Waals surface area contributed by atoms with Crippen LogP contribution in [0.5, 0.6) is 0 Å². The molecular formula is C23H37N5O. The monoisotopic (exact) mass is 399 g/mol. The molecule has 160 valence electrons. The zero-order valence-electron chi connectivity index (χ0n) is 18.0. The van der Waals surface area contributed by atoms with Gasteiger partial charge in [-0.1, -0.05) is 11.6 Å². The summed E-state index contributed by atoms with van der Waals surface area (Å²) in [6, 6.07) is 2.31. The molecule has 29 heavy (non-hydrogen) atoms. The number of likely N-dealkylation sites (N-methyl/N-ethyl adjacent to an activating group) is 1. The van der Waals surface area contributed by atoms with Crippen LogP contribution in [0.25, 0.3) is 0 Å². The second kappa shape index (κ2) is 9.43. The van der Waals surface area contributed by atoms with Gasteiger partial charge in [0.2, 0.25) is 5.91 Å². The molecule has 6 nitrogen and oxygen atoms in total. The molecule has 2 atom stereocenters. The molecule has 0 aromatic carbocycles. The van der Waals surface area contributed by atoms with Gasteiger partial charge in [0.25, 0.3) is 0 Å². The lowest BCUT2D eigenvalue weighted by atomic mass is 9.67. The van der Waals surface area contributed by atoms with E-state index >= 15 is 0 Å². The lowest BCUT2D eigenvalue weighted by Crippen LogP contribution is -2.65. The van der Waals surface area contributed by atoms with E-state index in [-0.39, 0.29) is 5.41 Å². The van der Waals surface area contributed by atoms with Crippen LogP contribution in [0.4, 0.5) is 0 Å². The number of nitrogens with zero attached hydrogens (tertiary/aromatic N) is 4. The molecule has 1 amide bonds. The number of likely N-dealkylation sites (tertiary alicyclic amines) is 2. The third-order valence-electron chi connectivity index (χ3n) is 7.28. The zero-order chi connectivity index (χ0) is 20.1. The summed E-state index contributed by atoms with van der Waals surface area (Å²) in [5.41, 5.74) is 1.21. The maximum absolute atomic E-state index is 13.5. The molecule has 0 saturated carbocycles. The average molecular weight is 400 g/mol. The highest BCUT2D eigenvalue weighted by molar-refractivity contribution is 5.84. The lowest BCUT2D eigenvalue weighted by molar-refractivity contribution is -0.144. The van der Waals surface area contributed by atoms with Crippen LogP contribution >= 0.6 is 0 Å². The van der Waals surface area contributed by atoms with Gasteiger partial charge in [-0.05, 0) is 77.6 Å². The Balaban J connectivity index is 1.41. The third kappa shape index (κ3) is 4.75. The van der Waals surface area contributed by atoms with Crippen LogP contribution in [0.15, 0.2) is 30.1 Å². The second-order valence-electron chi connectivity index (χ2n) is 9.24. The smallest absolute Gasteiger partial charge is 0.228 e. The summed E-state index contributed by atoms with van der Waals surface area (Å²) in [6.07, 6.45) is 15.3. The second-order valence-corrected chi connectivity index (χ2v) is 9.24. The molecule has 1 aromatic heterocycles. The number of piperidine rings is 2. The minimum Gasteiger partial charge on any atom is -0.352 e. The van der Waals surface area contributed by atoms with Gasteiger partial charge in [-0.2, -0.15) is 5.10 Å². The van der Waals surface area contributed by atoms with Crippen molar-refractivity contribution < 1.29 is 4.79 Å². The fourth-order valence-electron chi connectivity index (χ4n) is 5.58. The molecule has 0 bridgehead atoms. The van der Waals surface area contributed by atoms with E-state index in [0.717, 1.165) is 71.4 Å². The predicted octanol–water partition coefficient (Wildman–Crippen LogP) is 2.68. The van der Waals surface area contributed by atoms with Crippen LogP contribution in [0, 0.1) is 5.41 Å². The summed E-state index contributed by atoms with van der Waals surface area (Å²) < 4.78 is 2.01. The number of hydrogen-bond donors (Lipinski definition) is 1. The molecule has 6 heteroatoms. The lowest BCUT2D eigenvalue weighted by Gasteiger charge is -2.53. The number of rotatable bonds is 7. The topological polar surface area (TPSA) is 53.4 Å². The average Bonchev–Trinajstić information content (AvgIpc) is 3.26. The van der Waals surface area contributed by atoms with Crippen molar-refractivity contribution in [3.8, 4) is 0 Å². The summed E-state index contributed by atoms with van der Waals surface area (Å²) in [6.45, 7) is 5.86. The molecule has 4 rings (SSSR count). The number of nitrogens with one attached hydrogen (secondary N) is 1. The van der Waals surface area contributed by atoms with Crippen LogP contribution in [0.3, 0.4) is 0 Å². The first-order valence-corrected chi connectivity index (χ1v) is 11.5. The molecule has 3 heterocycles. The van der Waals surface area contributed by atoms with E-state index in [1.165, 1.54) is 24.8 Å². The van der Waals surface area contributed by atoms with Crippen molar-refractivity contribution in [2.45, 2.75) is 64.0 Å². The predicted molar refractivity (Wildman–Crippen MR) is 116 cm³/mol. The number of allylic oxidation sites excluding steroid dienone is 1. The van der Waals surface area contributed by atoms with Gasteiger partial charge < -0.3 is 10.2 Å². The van der Waals surface area contributed by atoms with Crippen molar-refractivity contribution in [1.82, 2.24) is 24.9 Å². The number of aryl methyl sites for hydroxylation is 1. The highest BCUT2D eigenvalue weighted by Crippen LogP contribution is 2.42. The summed E-state index contributed by atoms with van der Waals surface area (Å²) in [5.74, 6) is 0.304. The Kier molecular flexibility index (Phi) is 6.70. The molecule has 2 saturated heterocycles. The standard InChI is InChI=1S/C23H37N5O/c1-26-17-11-23(22(29)24-18-20-8-3-2-4-9-20)10-5-13-27(21(23)19-26)14-7-16-28-15-6-12-25-28/h6,8,12,15,21H,2-5,7,9-11,13-14,16-19H2,1H3,(H,24,29)/t21-,23+/m0/s1. The van der Waals surface area contributed by atoms with Gasteiger partial charge in [0, 0.05) is 44.6 Å².